The monoisotopic (exact) mass is 848 g/mol. The number of carbonyl (C=O) groups excluding carboxylic acids is 6. The van der Waals surface area contributed by atoms with Crippen molar-refractivity contribution >= 4 is 57.2 Å². The Bertz CT molecular complexity index is 1530. The second-order valence-corrected chi connectivity index (χ2v) is 16.7. The number of Topliss-reactive ketones (excluding diaryl/α,β-unsaturated/α-hetero) is 1. The van der Waals surface area contributed by atoms with Crippen molar-refractivity contribution in [3.05, 3.63) is 28.7 Å². The highest BCUT2D eigenvalue weighted by Gasteiger charge is 2.39. The molecule has 3 rings (SSSR count). The fraction of sp³-hybridized carbons (Fsp3) is 0.667. The van der Waals surface area contributed by atoms with Crippen LogP contribution in [0, 0.1) is 16.7 Å². The van der Waals surface area contributed by atoms with Crippen LogP contribution in [0.15, 0.2) is 28.7 Å². The number of benzene rings is 1. The molecule has 56 heavy (non-hydrogen) atoms. The van der Waals surface area contributed by atoms with Crippen molar-refractivity contribution in [1.82, 2.24) is 31.5 Å². The van der Waals surface area contributed by atoms with Crippen molar-refractivity contribution in [2.45, 2.75) is 129 Å². The highest BCUT2D eigenvalue weighted by Crippen LogP contribution is 2.28. The molecule has 17 heteroatoms. The first kappa shape index (κ1) is 46.1. The minimum atomic E-state index is -1.47. The third-order valence-electron chi connectivity index (χ3n) is 10.2. The number of aliphatic hydroxyl groups excluding tert-OH is 1. The number of ether oxygens (including phenoxy) is 1. The van der Waals surface area contributed by atoms with Crippen molar-refractivity contribution < 1.29 is 38.6 Å². The summed E-state index contributed by atoms with van der Waals surface area (Å²) in [5.41, 5.74) is 4.76. The molecule has 2 fully saturated rings. The lowest BCUT2D eigenvalue weighted by molar-refractivity contribution is -0.140. The van der Waals surface area contributed by atoms with Gasteiger partial charge in [0.1, 0.15) is 29.9 Å². The van der Waals surface area contributed by atoms with Gasteiger partial charge in [-0.1, -0.05) is 62.0 Å². The molecule has 1 aliphatic carbocycles. The Labute approximate surface area is 338 Å². The Morgan fingerprint density at radius 2 is 1.62 bits per heavy atom. The second kappa shape index (κ2) is 22.5. The molecule has 1 aliphatic heterocycles. The fourth-order valence-corrected chi connectivity index (χ4v) is 7.64. The first-order chi connectivity index (χ1) is 26.5. The van der Waals surface area contributed by atoms with Gasteiger partial charge in [0, 0.05) is 24.0 Å². The van der Waals surface area contributed by atoms with Gasteiger partial charge in [-0.25, -0.2) is 0 Å². The summed E-state index contributed by atoms with van der Waals surface area (Å²) >= 11 is 3.41. The number of amides is 5. The van der Waals surface area contributed by atoms with Crippen molar-refractivity contribution in [1.29, 1.82) is 5.41 Å². The lowest BCUT2D eigenvalue weighted by Gasteiger charge is -2.33. The van der Waals surface area contributed by atoms with E-state index in [1.165, 1.54) is 6.92 Å². The van der Waals surface area contributed by atoms with E-state index in [4.69, 9.17) is 15.9 Å². The van der Waals surface area contributed by atoms with E-state index < -0.39 is 65.9 Å². The minimum Gasteiger partial charge on any atom is -0.494 e. The van der Waals surface area contributed by atoms with Crippen molar-refractivity contribution in [2.75, 3.05) is 26.3 Å². The first-order valence-corrected chi connectivity index (χ1v) is 20.4. The van der Waals surface area contributed by atoms with Gasteiger partial charge in [0.05, 0.1) is 19.3 Å². The number of halogens is 1. The van der Waals surface area contributed by atoms with Gasteiger partial charge in [-0.15, -0.1) is 0 Å². The fourth-order valence-electron chi connectivity index (χ4n) is 7.26. The number of hydrogen-bond acceptors (Lipinski definition) is 9. The number of hydrogen-bond donors (Lipinski definition) is 8. The molecule has 2 aliphatic rings. The Morgan fingerprint density at radius 3 is 2.25 bits per heavy atom. The van der Waals surface area contributed by atoms with E-state index in [0.29, 0.717) is 57.4 Å². The van der Waals surface area contributed by atoms with Crippen molar-refractivity contribution in [3.63, 3.8) is 0 Å². The molecule has 9 N–H and O–H groups in total. The van der Waals surface area contributed by atoms with E-state index in [2.05, 4.69) is 42.5 Å². The van der Waals surface area contributed by atoms with Crippen LogP contribution in [0.1, 0.15) is 98.3 Å². The summed E-state index contributed by atoms with van der Waals surface area (Å²) < 4.78 is 6.64. The number of nitrogens with zero attached hydrogens (tertiary/aromatic N) is 1. The number of ketones is 1. The Kier molecular flexibility index (Phi) is 18.5. The molecule has 1 saturated heterocycles. The Hall–Kier alpha value is -4.25. The first-order valence-electron chi connectivity index (χ1n) is 19.6. The number of aliphatic hydroxyl groups is 1. The smallest absolute Gasteiger partial charge is 0.245 e. The summed E-state index contributed by atoms with van der Waals surface area (Å²) in [6.45, 7) is 6.95. The summed E-state index contributed by atoms with van der Waals surface area (Å²) in [4.78, 5) is 82.1. The number of carbonyl (C=O) groups is 6. The largest absolute Gasteiger partial charge is 0.494 e. The van der Waals surface area contributed by atoms with E-state index in [9.17, 15) is 33.9 Å². The van der Waals surface area contributed by atoms with Crippen LogP contribution in [0.2, 0.25) is 0 Å². The van der Waals surface area contributed by atoms with Crippen LogP contribution in [0.25, 0.3) is 0 Å². The predicted octanol–water partition coefficient (Wildman–Crippen LogP) is 2.01. The lowest BCUT2D eigenvalue weighted by Crippen LogP contribution is -2.61. The molecule has 0 spiro atoms. The average Bonchev–Trinajstić information content (AvgIpc) is 3.64. The lowest BCUT2D eigenvalue weighted by atomic mass is 9.83. The van der Waals surface area contributed by atoms with Gasteiger partial charge in [0.2, 0.25) is 29.5 Å². The predicted molar refractivity (Wildman–Crippen MR) is 214 cm³/mol. The minimum absolute atomic E-state index is 0.0914. The van der Waals surface area contributed by atoms with Gasteiger partial charge in [-0.05, 0) is 81.4 Å². The maximum Gasteiger partial charge on any atom is 0.245 e. The summed E-state index contributed by atoms with van der Waals surface area (Å²) in [5.74, 6) is -2.82. The van der Waals surface area contributed by atoms with E-state index in [1.54, 1.807) is 25.7 Å². The molecule has 1 aromatic rings. The SMILES string of the molecule is CC(=O)[C@@H](NC(=O)[C@H](CCCNC(=N)N)NC(=O)[C@H](CO)NC(=O)[C@@H](NC(=O)[C@@H]1CCCN1C(=O)CCCOc1cccc(Br)c1)C1CCCCC1)C(C)(C)C. The average molecular weight is 850 g/mol. The topological polar surface area (TPSA) is 245 Å². The molecular formula is C39H61BrN8O8. The third-order valence-corrected chi connectivity index (χ3v) is 10.7. The highest BCUT2D eigenvalue weighted by atomic mass is 79.9. The van der Waals surface area contributed by atoms with Gasteiger partial charge in [0.15, 0.2) is 11.7 Å². The summed E-state index contributed by atoms with van der Waals surface area (Å²) in [7, 11) is 0. The molecule has 5 amide bonds. The van der Waals surface area contributed by atoms with Gasteiger partial charge in [-0.2, -0.15) is 0 Å². The van der Waals surface area contributed by atoms with E-state index in [-0.39, 0.29) is 43.0 Å². The highest BCUT2D eigenvalue weighted by molar-refractivity contribution is 9.10. The molecule has 0 bridgehead atoms. The van der Waals surface area contributed by atoms with Crippen LogP contribution in [0.4, 0.5) is 0 Å². The molecule has 312 valence electrons. The Morgan fingerprint density at radius 1 is 0.946 bits per heavy atom. The van der Waals surface area contributed by atoms with Gasteiger partial charge < -0.3 is 47.1 Å². The van der Waals surface area contributed by atoms with E-state index in [1.807, 2.05) is 24.3 Å². The summed E-state index contributed by atoms with van der Waals surface area (Å²) in [6, 6.07) is 2.16. The van der Waals surface area contributed by atoms with E-state index in [0.717, 1.165) is 23.7 Å². The molecule has 1 aromatic carbocycles. The number of nitrogens with one attached hydrogen (secondary N) is 6. The number of nitrogens with two attached hydrogens (primary N) is 1. The molecule has 1 heterocycles. The van der Waals surface area contributed by atoms with Crippen LogP contribution in [-0.4, -0.2) is 108 Å². The standard InChI is InChI=1S/C39H61BrN8O8/c1-24(50)33(39(2,3)4)47-34(52)28(16-9-19-43-38(41)42)44-35(53)29(23-49)45-37(55)32(25-12-6-5-7-13-25)46-36(54)30-17-10-20-48(30)31(51)18-11-21-56-27-15-8-14-26(40)22-27/h8,14-15,22,25,28-30,32-33,49H,5-7,9-13,16-21,23H2,1-4H3,(H,44,53)(H,45,55)(H,46,54)(H,47,52)(H4,41,42,43)/t28-,29-,30-,32-,33+/m0/s1. The van der Waals surface area contributed by atoms with E-state index >= 15 is 0 Å². The zero-order valence-electron chi connectivity index (χ0n) is 33.1. The summed E-state index contributed by atoms with van der Waals surface area (Å²) in [5, 5.41) is 31.2. The quantitative estimate of drug-likeness (QED) is 0.0539. The van der Waals surface area contributed by atoms with Gasteiger partial charge in [0.25, 0.3) is 0 Å². The number of likely N-dealkylation sites (tertiary alicyclic amines) is 1. The van der Waals surface area contributed by atoms with Crippen molar-refractivity contribution in [3.8, 4) is 5.75 Å². The van der Waals surface area contributed by atoms with Crippen LogP contribution in [0.3, 0.4) is 0 Å². The molecule has 5 atom stereocenters. The van der Waals surface area contributed by atoms with Gasteiger partial charge in [-0.3, -0.25) is 34.2 Å². The molecular weight excluding hydrogens is 788 g/mol. The maximum atomic E-state index is 13.9. The maximum absolute atomic E-state index is 13.9. The zero-order valence-corrected chi connectivity index (χ0v) is 34.7. The molecule has 0 aromatic heterocycles. The molecule has 16 nitrogen and oxygen atoms in total. The normalized spacial score (nSPS) is 18.1. The molecule has 0 unspecified atom stereocenters. The third kappa shape index (κ3) is 14.7. The summed E-state index contributed by atoms with van der Waals surface area (Å²) in [6.07, 6.45) is 6.16. The number of rotatable bonds is 20. The van der Waals surface area contributed by atoms with Crippen molar-refractivity contribution in [2.24, 2.45) is 17.1 Å². The van der Waals surface area contributed by atoms with Crippen LogP contribution in [-0.2, 0) is 28.8 Å². The van der Waals surface area contributed by atoms with Crippen LogP contribution >= 0.6 is 15.9 Å². The Balaban J connectivity index is 1.69. The molecule has 0 radical (unpaired) electrons. The van der Waals surface area contributed by atoms with Crippen LogP contribution in [0.5, 0.6) is 5.75 Å². The van der Waals surface area contributed by atoms with Crippen LogP contribution < -0.4 is 37.1 Å². The number of guanidine groups is 1. The molecule has 1 saturated carbocycles. The second-order valence-electron chi connectivity index (χ2n) is 15.7. The zero-order chi connectivity index (χ0) is 41.4. The van der Waals surface area contributed by atoms with Gasteiger partial charge >= 0.3 is 0 Å².